The minimum absolute atomic E-state index is 0.0122. The van der Waals surface area contributed by atoms with Gasteiger partial charge in [-0.2, -0.15) is 0 Å². The smallest absolute Gasteiger partial charge is 0.326 e. The molecule has 0 aromatic heterocycles. The second kappa shape index (κ2) is 30.1. The molecule has 362 valence electrons. The number of carbonyl (C=O) groups excluding carboxylic acids is 5. The minimum Gasteiger partial charge on any atom is -0.480 e. The molecule has 2 aromatic rings. The number of amides is 5. The van der Waals surface area contributed by atoms with Crippen LogP contribution in [0.4, 0.5) is 5.69 Å². The molecule has 65 heavy (non-hydrogen) atoms. The van der Waals surface area contributed by atoms with Crippen molar-refractivity contribution in [2.75, 3.05) is 38.0 Å². The highest BCUT2D eigenvalue weighted by Gasteiger charge is 2.41. The van der Waals surface area contributed by atoms with Crippen molar-refractivity contribution in [1.29, 1.82) is 0 Å². The number of benzene rings is 2. The van der Waals surface area contributed by atoms with Gasteiger partial charge in [0, 0.05) is 24.2 Å². The van der Waals surface area contributed by atoms with E-state index >= 15 is 4.79 Å². The Hall–Kier alpha value is -6.10. The molecule has 6 atom stereocenters. The highest BCUT2D eigenvalue weighted by molar-refractivity contribution is 6.07. The third kappa shape index (κ3) is 19.7. The van der Waals surface area contributed by atoms with Crippen LogP contribution in [0.2, 0.25) is 0 Å². The zero-order chi connectivity index (χ0) is 48.3. The number of fused-ring (bicyclic) bond motifs is 1. The molecule has 0 aliphatic rings. The zero-order valence-electron chi connectivity index (χ0n) is 37.6. The Kier molecular flexibility index (Phi) is 25.5. The van der Waals surface area contributed by atoms with Crippen molar-refractivity contribution in [1.82, 2.24) is 20.9 Å². The summed E-state index contributed by atoms with van der Waals surface area (Å²) in [5.41, 5.74) is 46.0. The van der Waals surface area contributed by atoms with Crippen molar-refractivity contribution >= 4 is 63.9 Å². The number of hydrogen-bond acceptors (Lipinski definition) is 13. The van der Waals surface area contributed by atoms with E-state index in [0.29, 0.717) is 57.3 Å². The fourth-order valence-corrected chi connectivity index (χ4v) is 7.04. The average Bonchev–Trinajstić information content (AvgIpc) is 3.27. The Morgan fingerprint density at radius 1 is 0.600 bits per heavy atom. The van der Waals surface area contributed by atoms with Gasteiger partial charge in [-0.15, -0.1) is 0 Å². The van der Waals surface area contributed by atoms with Crippen molar-refractivity contribution in [2.24, 2.45) is 55.9 Å². The number of nitrogens with zero attached hydrogens (tertiary/aromatic N) is 3. The summed E-state index contributed by atoms with van der Waals surface area (Å²) in [6, 6.07) is 5.09. The molecule has 0 saturated heterocycles. The maximum atomic E-state index is 15.2. The van der Waals surface area contributed by atoms with Gasteiger partial charge in [-0.05, 0) is 115 Å². The monoisotopic (exact) mass is 912 g/mol. The lowest BCUT2D eigenvalue weighted by molar-refractivity contribution is -0.155. The van der Waals surface area contributed by atoms with E-state index in [-0.39, 0.29) is 76.5 Å². The van der Waals surface area contributed by atoms with Gasteiger partial charge >= 0.3 is 5.97 Å². The number of anilines is 1. The quantitative estimate of drug-likeness (QED) is 0.0231. The van der Waals surface area contributed by atoms with Crippen molar-refractivity contribution < 1.29 is 33.9 Å². The normalized spacial score (nSPS) is 13.8. The van der Waals surface area contributed by atoms with Crippen molar-refractivity contribution in [3.63, 3.8) is 0 Å². The van der Waals surface area contributed by atoms with E-state index in [1.54, 1.807) is 12.1 Å². The molecule has 0 aliphatic heterocycles. The fraction of sp³-hybridized carbons (Fsp3) is 0.581. The number of carboxylic acid groups (broad SMARTS) is 1. The van der Waals surface area contributed by atoms with Gasteiger partial charge in [0.25, 0.3) is 11.8 Å². The Labute approximate surface area is 380 Å². The number of carboxylic acids is 1. The van der Waals surface area contributed by atoms with Gasteiger partial charge in [-0.3, -0.25) is 38.9 Å². The molecule has 5 amide bonds. The van der Waals surface area contributed by atoms with Crippen molar-refractivity contribution in [3.8, 4) is 0 Å². The van der Waals surface area contributed by atoms with Gasteiger partial charge in [0.1, 0.15) is 30.2 Å². The molecule has 6 unspecified atom stereocenters. The predicted molar refractivity (Wildman–Crippen MR) is 253 cm³/mol. The van der Waals surface area contributed by atoms with Gasteiger partial charge in [-0.1, -0.05) is 42.8 Å². The first-order valence-electron chi connectivity index (χ1n) is 22.3. The van der Waals surface area contributed by atoms with Crippen LogP contribution in [0.5, 0.6) is 0 Å². The second-order valence-corrected chi connectivity index (χ2v) is 15.8. The number of hydrogen-bond donors (Lipinski definition) is 13. The van der Waals surface area contributed by atoms with E-state index in [2.05, 4.69) is 31.3 Å². The summed E-state index contributed by atoms with van der Waals surface area (Å²) in [6.07, 6.45) is 3.17. The number of nitrogens with one attached hydrogen (secondary N) is 4. The lowest BCUT2D eigenvalue weighted by atomic mass is 10.0. The molecule has 0 fully saturated rings. The van der Waals surface area contributed by atoms with E-state index in [0.717, 1.165) is 15.7 Å². The first-order valence-corrected chi connectivity index (χ1v) is 22.3. The van der Waals surface area contributed by atoms with E-state index in [1.807, 2.05) is 30.3 Å². The van der Waals surface area contributed by atoms with Crippen LogP contribution < -0.4 is 67.1 Å². The molecule has 21 N–H and O–H groups in total. The number of unbranched alkanes of at least 4 members (excludes halogenated alkanes) is 3. The molecule has 2 aromatic carbocycles. The largest absolute Gasteiger partial charge is 0.480 e. The Morgan fingerprint density at radius 3 is 1.69 bits per heavy atom. The van der Waals surface area contributed by atoms with Crippen molar-refractivity contribution in [3.05, 3.63) is 42.5 Å². The number of carbonyl (C=O) groups is 6. The van der Waals surface area contributed by atoms with E-state index in [4.69, 9.17) is 45.9 Å². The summed E-state index contributed by atoms with van der Waals surface area (Å²) in [6.45, 7) is 2.59. The summed E-state index contributed by atoms with van der Waals surface area (Å²) in [4.78, 5) is 93.4. The predicted octanol–water partition coefficient (Wildman–Crippen LogP) is -1.28. The molecule has 0 spiro atoms. The number of aliphatic imine (C=N–C) groups is 2. The Balaban J connectivity index is 2.75. The molecule has 0 heterocycles. The van der Waals surface area contributed by atoms with Gasteiger partial charge in [0.05, 0.1) is 6.04 Å². The van der Waals surface area contributed by atoms with Crippen LogP contribution in [0.3, 0.4) is 0 Å². The summed E-state index contributed by atoms with van der Waals surface area (Å²) in [5, 5.41) is 22.9. The Morgan fingerprint density at radius 2 is 1.11 bits per heavy atom. The lowest BCUT2D eigenvalue weighted by Crippen LogP contribution is -2.62. The standard InChI is InChI=1S/C43H73N15O7/c1-27(54-31-18-10-14-28-13-2-3-15-29(28)31)39(62)58(35(21-6-9-24-46)38(61)57-34(41(64)65)17-5-8-23-45)40(63)33(20-12-26-53-43(50)51)56-37(60)32(19-11-25-52-42(48)49)55-36(59)30(47)16-4-7-22-44/h2-3,10,13-15,18,27,30,32-35,54H,4-9,11-12,16-17,19-26,44-47H2,1H3,(H,55,59)(H,56,60)(H,57,61)(H,64,65)(H4,48,49,52)(H4,50,51,53). The molecule has 2 rings (SSSR count). The molecule has 22 heteroatoms. The first-order chi connectivity index (χ1) is 31.1. The van der Waals surface area contributed by atoms with Crippen LogP contribution in [0.1, 0.15) is 90.4 Å². The van der Waals surface area contributed by atoms with Crippen LogP contribution in [-0.2, 0) is 28.8 Å². The summed E-state index contributed by atoms with van der Waals surface area (Å²) >= 11 is 0. The topological polar surface area (TPSA) is 407 Å². The van der Waals surface area contributed by atoms with Crippen molar-refractivity contribution in [2.45, 2.75) is 127 Å². The van der Waals surface area contributed by atoms with Gasteiger partial charge in [-0.25, -0.2) is 4.79 Å². The first kappa shape index (κ1) is 55.0. The fourth-order valence-electron chi connectivity index (χ4n) is 7.04. The summed E-state index contributed by atoms with van der Waals surface area (Å²) < 4.78 is 0. The number of guanidine groups is 2. The second-order valence-electron chi connectivity index (χ2n) is 15.8. The molecule has 0 radical (unpaired) electrons. The number of imide groups is 1. The van der Waals surface area contributed by atoms with Crippen LogP contribution in [-0.4, -0.2) is 126 Å². The summed E-state index contributed by atoms with van der Waals surface area (Å²) in [5.74, 6) is -5.87. The van der Waals surface area contributed by atoms with E-state index in [1.165, 1.54) is 6.92 Å². The minimum atomic E-state index is -1.56. The lowest BCUT2D eigenvalue weighted by Gasteiger charge is -2.35. The highest BCUT2D eigenvalue weighted by atomic mass is 16.4. The van der Waals surface area contributed by atoms with Gasteiger partial charge in [0.2, 0.25) is 17.7 Å². The molecule has 0 bridgehead atoms. The molecule has 0 saturated carbocycles. The number of nitrogens with two attached hydrogens (primary N) is 8. The molecular formula is C43H73N15O7. The highest BCUT2D eigenvalue weighted by Crippen LogP contribution is 2.25. The van der Waals surface area contributed by atoms with E-state index in [9.17, 15) is 29.1 Å². The number of rotatable bonds is 32. The van der Waals surface area contributed by atoms with Crippen LogP contribution in [0.15, 0.2) is 52.4 Å². The third-order valence-electron chi connectivity index (χ3n) is 10.6. The maximum Gasteiger partial charge on any atom is 0.326 e. The molecule has 22 nitrogen and oxygen atoms in total. The van der Waals surface area contributed by atoms with Crippen LogP contribution in [0, 0.1) is 0 Å². The zero-order valence-corrected chi connectivity index (χ0v) is 37.6. The summed E-state index contributed by atoms with van der Waals surface area (Å²) in [7, 11) is 0. The third-order valence-corrected chi connectivity index (χ3v) is 10.6. The molecule has 0 aliphatic carbocycles. The molecular weight excluding hydrogens is 839 g/mol. The number of aliphatic carboxylic acids is 1. The van der Waals surface area contributed by atoms with Crippen LogP contribution in [0.25, 0.3) is 10.8 Å². The van der Waals surface area contributed by atoms with Gasteiger partial charge < -0.3 is 72.2 Å². The van der Waals surface area contributed by atoms with E-state index < -0.39 is 71.8 Å². The van der Waals surface area contributed by atoms with Crippen LogP contribution >= 0.6 is 0 Å². The SMILES string of the molecule is CC(Nc1cccc2ccccc12)C(=O)N(C(=O)C(CCCN=C(N)N)NC(=O)C(CCCN=C(N)N)NC(=O)C(N)CCCCN)C(CCCCN)C(=O)NC(CCCCN)C(=O)O. The Bertz CT molecular complexity index is 1890. The average molecular weight is 912 g/mol. The van der Waals surface area contributed by atoms with Gasteiger partial charge in [0.15, 0.2) is 11.9 Å². The maximum absolute atomic E-state index is 15.2.